The van der Waals surface area contributed by atoms with Crippen molar-refractivity contribution in [2.24, 2.45) is 5.73 Å². The van der Waals surface area contributed by atoms with Crippen molar-refractivity contribution in [2.75, 3.05) is 0 Å². The standard InChI is InChI=1S/C13H15N3O/c1-2-9-3-5-10(6-4-9)11-15-12(17-16-11)13(14)7-8-13/h3-6H,2,7-8,14H2,1H3. The van der Waals surface area contributed by atoms with Gasteiger partial charge in [-0.05, 0) is 24.8 Å². The van der Waals surface area contributed by atoms with E-state index in [0.717, 1.165) is 24.8 Å². The summed E-state index contributed by atoms with van der Waals surface area (Å²) in [4.78, 5) is 4.37. The first-order valence-electron chi connectivity index (χ1n) is 5.94. The van der Waals surface area contributed by atoms with E-state index in [0.29, 0.717) is 11.7 Å². The summed E-state index contributed by atoms with van der Waals surface area (Å²) >= 11 is 0. The highest BCUT2D eigenvalue weighted by molar-refractivity contribution is 5.54. The third-order valence-electron chi connectivity index (χ3n) is 3.26. The Bertz CT molecular complexity index is 526. The molecule has 2 aromatic rings. The molecule has 88 valence electrons. The monoisotopic (exact) mass is 229 g/mol. The van der Waals surface area contributed by atoms with Crippen LogP contribution in [0.1, 0.15) is 31.2 Å². The molecule has 0 bridgehead atoms. The first-order valence-corrected chi connectivity index (χ1v) is 5.94. The Morgan fingerprint density at radius 3 is 2.59 bits per heavy atom. The molecule has 4 heteroatoms. The minimum Gasteiger partial charge on any atom is -0.337 e. The van der Waals surface area contributed by atoms with E-state index in [1.54, 1.807) is 0 Å². The molecule has 0 aliphatic heterocycles. The lowest BCUT2D eigenvalue weighted by atomic mass is 10.1. The SMILES string of the molecule is CCc1ccc(-c2noc(C3(N)CC3)n2)cc1. The van der Waals surface area contributed by atoms with E-state index < -0.39 is 0 Å². The summed E-state index contributed by atoms with van der Waals surface area (Å²) in [6, 6.07) is 8.20. The minimum absolute atomic E-state index is 0.353. The molecule has 17 heavy (non-hydrogen) atoms. The molecule has 1 fully saturated rings. The molecule has 0 saturated heterocycles. The van der Waals surface area contributed by atoms with Crippen LogP contribution in [0.4, 0.5) is 0 Å². The lowest BCUT2D eigenvalue weighted by molar-refractivity contribution is 0.348. The Hall–Kier alpha value is -1.68. The molecule has 3 rings (SSSR count). The van der Waals surface area contributed by atoms with Gasteiger partial charge in [-0.1, -0.05) is 36.3 Å². The predicted molar refractivity (Wildman–Crippen MR) is 64.2 cm³/mol. The molecule has 4 nitrogen and oxygen atoms in total. The molecule has 0 amide bonds. The van der Waals surface area contributed by atoms with E-state index in [-0.39, 0.29) is 5.54 Å². The van der Waals surface area contributed by atoms with Crippen LogP contribution in [-0.2, 0) is 12.0 Å². The van der Waals surface area contributed by atoms with E-state index >= 15 is 0 Å². The van der Waals surface area contributed by atoms with E-state index in [9.17, 15) is 0 Å². The zero-order valence-electron chi connectivity index (χ0n) is 9.81. The third-order valence-corrected chi connectivity index (χ3v) is 3.26. The maximum absolute atomic E-state index is 6.01. The average Bonchev–Trinajstić information content (AvgIpc) is 2.94. The van der Waals surface area contributed by atoms with Crippen molar-refractivity contribution < 1.29 is 4.52 Å². The molecule has 0 radical (unpaired) electrons. The highest BCUT2D eigenvalue weighted by atomic mass is 16.5. The fourth-order valence-electron chi connectivity index (χ4n) is 1.78. The topological polar surface area (TPSA) is 64.9 Å². The van der Waals surface area contributed by atoms with Crippen molar-refractivity contribution in [3.05, 3.63) is 35.7 Å². The van der Waals surface area contributed by atoms with Gasteiger partial charge < -0.3 is 10.3 Å². The smallest absolute Gasteiger partial charge is 0.247 e. The van der Waals surface area contributed by atoms with E-state index in [1.165, 1.54) is 5.56 Å². The number of nitrogens with two attached hydrogens (primary N) is 1. The number of hydrogen-bond donors (Lipinski definition) is 1. The summed E-state index contributed by atoms with van der Waals surface area (Å²) < 4.78 is 5.22. The van der Waals surface area contributed by atoms with Gasteiger partial charge in [0.05, 0.1) is 5.54 Å². The van der Waals surface area contributed by atoms with Crippen LogP contribution >= 0.6 is 0 Å². The zero-order valence-corrected chi connectivity index (χ0v) is 9.81. The maximum atomic E-state index is 6.01. The zero-order chi connectivity index (χ0) is 11.9. The highest BCUT2D eigenvalue weighted by Crippen LogP contribution is 2.42. The van der Waals surface area contributed by atoms with Gasteiger partial charge in [0.25, 0.3) is 0 Å². The lowest BCUT2D eigenvalue weighted by Gasteiger charge is -1.99. The molecular formula is C13H15N3O. The van der Waals surface area contributed by atoms with Crippen LogP contribution in [-0.4, -0.2) is 10.1 Å². The Labute approximate surface area is 99.8 Å². The van der Waals surface area contributed by atoms with Gasteiger partial charge in [0.1, 0.15) is 0 Å². The second kappa shape index (κ2) is 3.67. The molecule has 1 aliphatic carbocycles. The molecule has 1 aromatic carbocycles. The maximum Gasteiger partial charge on any atom is 0.247 e. The van der Waals surface area contributed by atoms with Crippen molar-refractivity contribution in [1.29, 1.82) is 0 Å². The molecule has 1 saturated carbocycles. The van der Waals surface area contributed by atoms with Crippen molar-refractivity contribution in [3.8, 4) is 11.4 Å². The van der Waals surface area contributed by atoms with Crippen LogP contribution in [0.2, 0.25) is 0 Å². The number of aromatic nitrogens is 2. The molecule has 1 aliphatic rings. The average molecular weight is 229 g/mol. The number of aryl methyl sites for hydroxylation is 1. The van der Waals surface area contributed by atoms with E-state index in [1.807, 2.05) is 12.1 Å². The fraction of sp³-hybridized carbons (Fsp3) is 0.385. The molecular weight excluding hydrogens is 214 g/mol. The van der Waals surface area contributed by atoms with Gasteiger partial charge in [0, 0.05) is 5.56 Å². The molecule has 1 heterocycles. The van der Waals surface area contributed by atoms with E-state index in [4.69, 9.17) is 10.3 Å². The predicted octanol–water partition coefficient (Wildman–Crippen LogP) is 2.25. The summed E-state index contributed by atoms with van der Waals surface area (Å²) in [6.07, 6.45) is 2.90. The number of nitrogens with zero attached hydrogens (tertiary/aromatic N) is 2. The first-order chi connectivity index (χ1) is 8.21. The Morgan fingerprint density at radius 2 is 2.00 bits per heavy atom. The Kier molecular flexibility index (Phi) is 2.26. The second-order valence-corrected chi connectivity index (χ2v) is 4.63. The first kappa shape index (κ1) is 10.5. The summed E-state index contributed by atoms with van der Waals surface area (Å²) in [6.45, 7) is 2.13. The van der Waals surface area contributed by atoms with Crippen LogP contribution in [0, 0.1) is 0 Å². The number of benzene rings is 1. The molecule has 0 spiro atoms. The highest BCUT2D eigenvalue weighted by Gasteiger charge is 2.45. The van der Waals surface area contributed by atoms with Gasteiger partial charge in [-0.3, -0.25) is 0 Å². The van der Waals surface area contributed by atoms with Crippen molar-refractivity contribution in [1.82, 2.24) is 10.1 Å². The quantitative estimate of drug-likeness (QED) is 0.876. The minimum atomic E-state index is -0.353. The van der Waals surface area contributed by atoms with Gasteiger partial charge >= 0.3 is 0 Å². The van der Waals surface area contributed by atoms with Crippen LogP contribution in [0.15, 0.2) is 28.8 Å². The summed E-state index contributed by atoms with van der Waals surface area (Å²) in [5, 5.41) is 3.98. The van der Waals surface area contributed by atoms with Crippen LogP contribution in [0.3, 0.4) is 0 Å². The van der Waals surface area contributed by atoms with E-state index in [2.05, 4.69) is 29.2 Å². The largest absolute Gasteiger partial charge is 0.337 e. The van der Waals surface area contributed by atoms with Gasteiger partial charge in [0.2, 0.25) is 11.7 Å². The van der Waals surface area contributed by atoms with Gasteiger partial charge in [-0.25, -0.2) is 0 Å². The van der Waals surface area contributed by atoms with Crippen LogP contribution in [0.5, 0.6) is 0 Å². The fourth-order valence-corrected chi connectivity index (χ4v) is 1.78. The Balaban J connectivity index is 1.90. The number of hydrogen-bond acceptors (Lipinski definition) is 4. The van der Waals surface area contributed by atoms with Crippen molar-refractivity contribution in [3.63, 3.8) is 0 Å². The molecule has 0 unspecified atom stereocenters. The summed E-state index contributed by atoms with van der Waals surface area (Å²) in [5.41, 5.74) is 7.93. The summed E-state index contributed by atoms with van der Waals surface area (Å²) in [5.74, 6) is 1.19. The van der Waals surface area contributed by atoms with Gasteiger partial charge in [0.15, 0.2) is 0 Å². The normalized spacial score (nSPS) is 17.1. The molecule has 1 aromatic heterocycles. The van der Waals surface area contributed by atoms with Crippen molar-refractivity contribution in [2.45, 2.75) is 31.7 Å². The van der Waals surface area contributed by atoms with Gasteiger partial charge in [-0.15, -0.1) is 0 Å². The summed E-state index contributed by atoms with van der Waals surface area (Å²) in [7, 11) is 0. The molecule has 0 atom stereocenters. The lowest BCUT2D eigenvalue weighted by Crippen LogP contribution is -2.18. The van der Waals surface area contributed by atoms with Crippen LogP contribution in [0.25, 0.3) is 11.4 Å². The van der Waals surface area contributed by atoms with Crippen molar-refractivity contribution >= 4 is 0 Å². The number of rotatable bonds is 3. The second-order valence-electron chi connectivity index (χ2n) is 4.63. The van der Waals surface area contributed by atoms with Gasteiger partial charge in [-0.2, -0.15) is 4.98 Å². The van der Waals surface area contributed by atoms with Crippen LogP contribution < -0.4 is 5.73 Å². The Morgan fingerprint density at radius 1 is 1.29 bits per heavy atom. The third kappa shape index (κ3) is 1.85. The molecule has 2 N–H and O–H groups in total.